The second-order valence-corrected chi connectivity index (χ2v) is 6.52. The first kappa shape index (κ1) is 11.5. The number of rotatable bonds is 2. The van der Waals surface area contributed by atoms with Crippen LogP contribution in [0, 0.1) is 0 Å². The Hall–Kier alpha value is -1.57. The molecular weight excluding hydrogens is 289 g/mol. The Morgan fingerprint density at radius 3 is 2.56 bits per heavy atom. The summed E-state index contributed by atoms with van der Waals surface area (Å²) < 4.78 is 3.32. The van der Waals surface area contributed by atoms with Gasteiger partial charge in [0.1, 0.15) is 0 Å². The van der Waals surface area contributed by atoms with Gasteiger partial charge in [0, 0.05) is 0 Å². The van der Waals surface area contributed by atoms with Crippen LogP contribution in [0.5, 0.6) is 0 Å². The molecule has 0 fully saturated rings. The van der Waals surface area contributed by atoms with Crippen molar-refractivity contribution in [2.75, 3.05) is 0 Å². The molecule has 0 spiro atoms. The van der Waals surface area contributed by atoms with Gasteiger partial charge < -0.3 is 0 Å². The molecule has 2 aromatic carbocycles. The van der Waals surface area contributed by atoms with E-state index in [0.29, 0.717) is 6.42 Å². The second-order valence-electron chi connectivity index (χ2n) is 4.29. The third-order valence-corrected chi connectivity index (χ3v) is 5.38. The summed E-state index contributed by atoms with van der Waals surface area (Å²) in [6.45, 7) is 0.730. The molecule has 0 radical (unpaired) electrons. The quantitative estimate of drug-likeness (QED) is 0.770. The first-order valence-electron chi connectivity index (χ1n) is 5.93. The summed E-state index contributed by atoms with van der Waals surface area (Å²) in [5.74, 6) is 0.248. The van der Waals surface area contributed by atoms with Crippen LogP contribution < -0.4 is 4.46 Å². The van der Waals surface area contributed by atoms with Crippen LogP contribution in [-0.2, 0) is 17.8 Å². The van der Waals surface area contributed by atoms with Gasteiger partial charge in [-0.1, -0.05) is 0 Å². The number of benzene rings is 2. The Morgan fingerprint density at radius 1 is 1.00 bits per heavy atom. The van der Waals surface area contributed by atoms with Crippen molar-refractivity contribution in [3.05, 3.63) is 65.7 Å². The maximum absolute atomic E-state index is 12.1. The summed E-state index contributed by atoms with van der Waals surface area (Å²) in [6.07, 6.45) is 0.546. The summed E-state index contributed by atoms with van der Waals surface area (Å²) in [5.41, 5.74) is 2.40. The van der Waals surface area contributed by atoms with Gasteiger partial charge in [-0.2, -0.15) is 0 Å². The monoisotopic (exact) mass is 303 g/mol. The molecule has 2 aromatic rings. The third kappa shape index (κ3) is 2.33. The van der Waals surface area contributed by atoms with Crippen molar-refractivity contribution in [3.63, 3.8) is 0 Å². The van der Waals surface area contributed by atoms with E-state index in [-0.39, 0.29) is 21.1 Å². The molecule has 1 aliphatic heterocycles. The van der Waals surface area contributed by atoms with E-state index in [1.165, 1.54) is 15.6 Å². The van der Waals surface area contributed by atoms with Crippen molar-refractivity contribution < 1.29 is 4.79 Å². The first-order chi connectivity index (χ1) is 8.83. The summed E-state index contributed by atoms with van der Waals surface area (Å²) >= 11 is 0.113. The van der Waals surface area contributed by atoms with Gasteiger partial charge in [0.15, 0.2) is 0 Å². The van der Waals surface area contributed by atoms with Gasteiger partial charge in [0.05, 0.1) is 0 Å². The van der Waals surface area contributed by atoms with Gasteiger partial charge in [0.25, 0.3) is 0 Å². The molecule has 0 unspecified atom stereocenters. The zero-order valence-electron chi connectivity index (χ0n) is 9.87. The fourth-order valence-electron chi connectivity index (χ4n) is 2.03. The average Bonchev–Trinajstić information content (AvgIpc) is 2.41. The average molecular weight is 302 g/mol. The van der Waals surface area contributed by atoms with Crippen molar-refractivity contribution >= 4 is 25.5 Å². The van der Waals surface area contributed by atoms with Crippen LogP contribution in [0.3, 0.4) is 0 Å². The van der Waals surface area contributed by atoms with E-state index in [2.05, 4.69) is 30.3 Å². The molecule has 0 N–H and O–H groups in total. The molecule has 1 aliphatic rings. The van der Waals surface area contributed by atoms with E-state index in [9.17, 15) is 4.79 Å². The van der Waals surface area contributed by atoms with Gasteiger partial charge in [-0.15, -0.1) is 0 Å². The number of amides is 1. The van der Waals surface area contributed by atoms with Crippen molar-refractivity contribution in [1.82, 2.24) is 3.92 Å². The maximum atomic E-state index is 12.1. The Bertz CT molecular complexity index is 568. The van der Waals surface area contributed by atoms with Crippen molar-refractivity contribution in [2.45, 2.75) is 13.0 Å². The molecule has 90 valence electrons. The summed E-state index contributed by atoms with van der Waals surface area (Å²) in [4.78, 5) is 12.1. The van der Waals surface area contributed by atoms with Crippen LogP contribution >= 0.6 is 0 Å². The summed E-state index contributed by atoms with van der Waals surface area (Å²) in [6, 6.07) is 18.5. The van der Waals surface area contributed by atoms with Gasteiger partial charge in [0.2, 0.25) is 0 Å². The Labute approximate surface area is 113 Å². The van der Waals surface area contributed by atoms with Crippen LogP contribution in [0.15, 0.2) is 54.6 Å². The zero-order chi connectivity index (χ0) is 12.4. The minimum atomic E-state index is 0.113. The molecule has 2 nitrogen and oxygen atoms in total. The number of carbonyl (C=O) groups excluding carboxylic acids is 1. The fourth-order valence-corrected chi connectivity index (χ4v) is 4.16. The Kier molecular flexibility index (Phi) is 3.18. The van der Waals surface area contributed by atoms with E-state index < -0.39 is 0 Å². The first-order valence-corrected chi connectivity index (χ1v) is 7.55. The molecular formula is C15H13NOSe. The molecule has 0 saturated heterocycles. The minimum absolute atomic E-state index is 0.113. The number of fused-ring (bicyclic) bond motifs is 1. The molecule has 0 aliphatic carbocycles. The van der Waals surface area contributed by atoms with E-state index >= 15 is 0 Å². The normalized spacial score (nSPS) is 14.4. The van der Waals surface area contributed by atoms with E-state index in [1.54, 1.807) is 0 Å². The van der Waals surface area contributed by atoms with Gasteiger partial charge in [-0.05, 0) is 0 Å². The van der Waals surface area contributed by atoms with Crippen LogP contribution in [0.4, 0.5) is 0 Å². The third-order valence-electron chi connectivity index (χ3n) is 2.97. The van der Waals surface area contributed by atoms with E-state index in [4.69, 9.17) is 0 Å². The molecule has 1 heterocycles. The molecule has 0 aromatic heterocycles. The molecule has 3 heteroatoms. The fraction of sp³-hybridized carbons (Fsp3) is 0.133. The Balaban J connectivity index is 1.81. The SMILES string of the molecule is O=C1Cc2ccccc2[Se]N1Cc1ccccc1. The molecule has 18 heavy (non-hydrogen) atoms. The van der Waals surface area contributed by atoms with Gasteiger partial charge in [-0.3, -0.25) is 0 Å². The van der Waals surface area contributed by atoms with Gasteiger partial charge in [-0.25, -0.2) is 0 Å². The standard InChI is InChI=1S/C15H13NOSe/c17-15-10-13-8-4-5-9-14(13)18-16(15)11-12-6-2-1-3-7-12/h1-9H,10-11H2. The number of hydrogen-bond donors (Lipinski definition) is 0. The molecule has 0 atom stereocenters. The molecule has 0 saturated carbocycles. The molecule has 3 rings (SSSR count). The van der Waals surface area contributed by atoms with E-state index in [1.807, 2.05) is 28.2 Å². The number of carbonyl (C=O) groups is 1. The van der Waals surface area contributed by atoms with Crippen molar-refractivity contribution in [1.29, 1.82) is 0 Å². The zero-order valence-corrected chi connectivity index (χ0v) is 11.6. The molecule has 0 bridgehead atoms. The number of hydrogen-bond acceptors (Lipinski definition) is 1. The van der Waals surface area contributed by atoms with Crippen molar-refractivity contribution in [3.8, 4) is 0 Å². The topological polar surface area (TPSA) is 20.3 Å². The van der Waals surface area contributed by atoms with Crippen LogP contribution in [-0.4, -0.2) is 25.0 Å². The van der Waals surface area contributed by atoms with Gasteiger partial charge >= 0.3 is 113 Å². The Morgan fingerprint density at radius 2 is 1.72 bits per heavy atom. The second kappa shape index (κ2) is 4.97. The van der Waals surface area contributed by atoms with E-state index in [0.717, 1.165) is 6.54 Å². The van der Waals surface area contributed by atoms with Crippen molar-refractivity contribution in [2.24, 2.45) is 0 Å². The van der Waals surface area contributed by atoms with Crippen LogP contribution in [0.2, 0.25) is 0 Å². The number of nitrogens with zero attached hydrogens (tertiary/aromatic N) is 1. The molecule has 1 amide bonds. The van der Waals surface area contributed by atoms with Crippen LogP contribution in [0.1, 0.15) is 11.1 Å². The predicted octanol–water partition coefficient (Wildman–Crippen LogP) is 1.52. The summed E-state index contributed by atoms with van der Waals surface area (Å²) in [5, 5.41) is 0. The summed E-state index contributed by atoms with van der Waals surface area (Å²) in [7, 11) is 0. The van der Waals surface area contributed by atoms with Crippen LogP contribution in [0.25, 0.3) is 0 Å². The predicted molar refractivity (Wildman–Crippen MR) is 72.5 cm³/mol.